The van der Waals surface area contributed by atoms with E-state index in [1.807, 2.05) is 24.3 Å². The van der Waals surface area contributed by atoms with Crippen LogP contribution in [0.15, 0.2) is 29.8 Å². The molecule has 170 valence electrons. The summed E-state index contributed by atoms with van der Waals surface area (Å²) in [5.74, 6) is 4.97. The van der Waals surface area contributed by atoms with Gasteiger partial charge in [-0.25, -0.2) is 4.98 Å². The number of carbonyl (C=O) groups excluding carboxylic acids is 1. The summed E-state index contributed by atoms with van der Waals surface area (Å²) >= 11 is 6.21. The van der Waals surface area contributed by atoms with Gasteiger partial charge in [-0.3, -0.25) is 4.79 Å². The summed E-state index contributed by atoms with van der Waals surface area (Å²) in [5, 5.41) is 0.759. The average Bonchev–Trinajstić information content (AvgIpc) is 3.34. The Morgan fingerprint density at radius 3 is 2.78 bits per heavy atom. The van der Waals surface area contributed by atoms with Crippen LogP contribution in [0.2, 0.25) is 5.02 Å². The van der Waals surface area contributed by atoms with Crippen molar-refractivity contribution in [3.8, 4) is 0 Å². The summed E-state index contributed by atoms with van der Waals surface area (Å²) in [7, 11) is 0. The van der Waals surface area contributed by atoms with E-state index in [1.165, 1.54) is 37.7 Å². The highest BCUT2D eigenvalue weighted by Crippen LogP contribution is 2.68. The Morgan fingerprint density at radius 1 is 1.09 bits per heavy atom. The number of rotatable bonds is 2. The Kier molecular flexibility index (Phi) is 4.71. The molecule has 1 heterocycles. The minimum atomic E-state index is 0.264. The van der Waals surface area contributed by atoms with Crippen LogP contribution in [0.5, 0.6) is 0 Å². The molecule has 0 radical (unpaired) electrons. The summed E-state index contributed by atoms with van der Waals surface area (Å²) in [5.41, 5.74) is 4.20. The van der Waals surface area contributed by atoms with Gasteiger partial charge in [-0.2, -0.15) is 0 Å². The first-order valence-electron chi connectivity index (χ1n) is 12.7. The minimum Gasteiger partial charge on any atom is -0.342 e. The van der Waals surface area contributed by atoms with E-state index in [0.717, 1.165) is 58.9 Å². The molecule has 0 spiro atoms. The number of aromatic amines is 1. The molecule has 1 N–H and O–H groups in total. The van der Waals surface area contributed by atoms with E-state index in [-0.39, 0.29) is 5.41 Å². The van der Waals surface area contributed by atoms with Gasteiger partial charge in [0.25, 0.3) is 0 Å². The SMILES string of the molecule is C[C@H](c1nc2ccc(Cl)cc2[nH]1)[C@H]1CC[C@H]2[C@@H]3CCC4=CC(=O)CC[C@]4(C)[C@H]3CC[C@]12C. The van der Waals surface area contributed by atoms with Gasteiger partial charge in [0.05, 0.1) is 11.0 Å². The van der Waals surface area contributed by atoms with E-state index < -0.39 is 0 Å². The number of fused-ring (bicyclic) bond motifs is 6. The molecule has 0 unspecified atom stereocenters. The third-order valence-corrected chi connectivity index (χ3v) is 10.8. The van der Waals surface area contributed by atoms with Crippen LogP contribution in [-0.2, 0) is 4.79 Å². The van der Waals surface area contributed by atoms with Crippen molar-refractivity contribution in [3.63, 3.8) is 0 Å². The van der Waals surface area contributed by atoms with Crippen LogP contribution >= 0.6 is 11.6 Å². The number of benzene rings is 1. The van der Waals surface area contributed by atoms with Crippen LogP contribution in [0.1, 0.15) is 83.9 Å². The van der Waals surface area contributed by atoms with E-state index >= 15 is 0 Å². The third kappa shape index (κ3) is 2.92. The zero-order valence-electron chi connectivity index (χ0n) is 19.6. The number of allylic oxidation sites excluding steroid dienone is 1. The lowest BCUT2D eigenvalue weighted by atomic mass is 9.46. The zero-order chi connectivity index (χ0) is 22.3. The fourth-order valence-corrected chi connectivity index (χ4v) is 9.00. The van der Waals surface area contributed by atoms with Crippen molar-refractivity contribution >= 4 is 28.4 Å². The van der Waals surface area contributed by atoms with Gasteiger partial charge in [0, 0.05) is 17.4 Å². The fourth-order valence-electron chi connectivity index (χ4n) is 8.83. The number of aromatic nitrogens is 2. The van der Waals surface area contributed by atoms with Crippen molar-refractivity contribution in [1.82, 2.24) is 9.97 Å². The van der Waals surface area contributed by atoms with Gasteiger partial charge >= 0.3 is 0 Å². The second-order valence-electron chi connectivity index (χ2n) is 11.8. The molecule has 3 saturated carbocycles. The zero-order valence-corrected chi connectivity index (χ0v) is 20.3. The Hall–Kier alpha value is -1.61. The van der Waals surface area contributed by atoms with Crippen molar-refractivity contribution in [3.05, 3.63) is 40.7 Å². The van der Waals surface area contributed by atoms with Crippen LogP contribution in [0.4, 0.5) is 0 Å². The summed E-state index contributed by atoms with van der Waals surface area (Å²) in [6.07, 6.45) is 11.6. The second kappa shape index (κ2) is 7.19. The summed E-state index contributed by atoms with van der Waals surface area (Å²) < 4.78 is 0. The van der Waals surface area contributed by atoms with Crippen molar-refractivity contribution in [2.24, 2.45) is 34.5 Å². The molecular formula is C28H35ClN2O. The molecule has 0 aliphatic heterocycles. The largest absolute Gasteiger partial charge is 0.342 e. The molecule has 4 heteroatoms. The van der Waals surface area contributed by atoms with E-state index in [9.17, 15) is 4.79 Å². The van der Waals surface area contributed by atoms with Crippen LogP contribution < -0.4 is 0 Å². The van der Waals surface area contributed by atoms with Crippen LogP contribution in [0.25, 0.3) is 11.0 Å². The average molecular weight is 451 g/mol. The van der Waals surface area contributed by atoms with Crippen molar-refractivity contribution in [2.75, 3.05) is 0 Å². The molecule has 3 nitrogen and oxygen atoms in total. The van der Waals surface area contributed by atoms with Crippen LogP contribution in [0.3, 0.4) is 0 Å². The van der Waals surface area contributed by atoms with Gasteiger partial charge in [0.15, 0.2) is 5.78 Å². The van der Waals surface area contributed by atoms with Gasteiger partial charge in [0.2, 0.25) is 0 Å². The molecule has 3 fully saturated rings. The lowest BCUT2D eigenvalue weighted by Crippen LogP contribution is -2.50. The highest BCUT2D eigenvalue weighted by Gasteiger charge is 2.59. The van der Waals surface area contributed by atoms with Gasteiger partial charge < -0.3 is 4.98 Å². The number of imidazole rings is 1. The van der Waals surface area contributed by atoms with Crippen molar-refractivity contribution in [2.45, 2.75) is 78.1 Å². The molecule has 1 aromatic heterocycles. The standard InChI is InChI=1S/C28H35ClN2O/c1-16(26-30-24-9-5-18(29)15-25(24)31-26)21-7-8-22-20-6-4-17-14-19(32)10-12-27(17,2)23(20)11-13-28(21,22)3/h5,9,14-16,20-23H,4,6-8,10-13H2,1-3H3,(H,30,31)/t16-,20-,21+,22-,23-,27-,28+/m0/s1. The topological polar surface area (TPSA) is 45.8 Å². The molecule has 32 heavy (non-hydrogen) atoms. The first-order valence-corrected chi connectivity index (χ1v) is 13.1. The molecule has 2 aromatic rings. The smallest absolute Gasteiger partial charge is 0.155 e. The van der Waals surface area contributed by atoms with Crippen LogP contribution in [0, 0.1) is 34.5 Å². The molecular weight excluding hydrogens is 416 g/mol. The second-order valence-corrected chi connectivity index (χ2v) is 12.2. The van der Waals surface area contributed by atoms with Gasteiger partial charge in [-0.15, -0.1) is 0 Å². The third-order valence-electron chi connectivity index (χ3n) is 10.5. The number of ketones is 1. The van der Waals surface area contributed by atoms with E-state index in [1.54, 1.807) is 0 Å². The molecule has 0 bridgehead atoms. The molecule has 4 aliphatic rings. The highest BCUT2D eigenvalue weighted by atomic mass is 35.5. The van der Waals surface area contributed by atoms with Crippen molar-refractivity contribution < 1.29 is 4.79 Å². The quantitative estimate of drug-likeness (QED) is 0.515. The Bertz CT molecular complexity index is 1120. The lowest BCUT2D eigenvalue weighted by Gasteiger charge is -2.58. The van der Waals surface area contributed by atoms with E-state index in [0.29, 0.717) is 23.0 Å². The van der Waals surface area contributed by atoms with Gasteiger partial charge in [0.1, 0.15) is 5.82 Å². The molecule has 0 amide bonds. The first kappa shape index (κ1) is 21.0. The maximum Gasteiger partial charge on any atom is 0.155 e. The molecule has 4 aliphatic carbocycles. The minimum absolute atomic E-state index is 0.264. The number of hydrogen-bond donors (Lipinski definition) is 1. The van der Waals surface area contributed by atoms with Gasteiger partial charge in [-0.05, 0) is 104 Å². The predicted molar refractivity (Wildman–Crippen MR) is 130 cm³/mol. The number of nitrogens with zero attached hydrogens (tertiary/aromatic N) is 1. The van der Waals surface area contributed by atoms with Gasteiger partial charge in [-0.1, -0.05) is 37.9 Å². The number of halogens is 1. The Morgan fingerprint density at radius 2 is 1.94 bits per heavy atom. The summed E-state index contributed by atoms with van der Waals surface area (Å²) in [4.78, 5) is 20.7. The Labute approximate surface area is 196 Å². The molecule has 6 rings (SSSR count). The molecule has 7 atom stereocenters. The number of hydrogen-bond acceptors (Lipinski definition) is 2. The fraction of sp³-hybridized carbons (Fsp3) is 0.643. The maximum atomic E-state index is 12.1. The summed E-state index contributed by atoms with van der Waals surface area (Å²) in [6.45, 7) is 7.47. The number of nitrogens with one attached hydrogen (secondary N) is 1. The first-order chi connectivity index (χ1) is 15.3. The van der Waals surface area contributed by atoms with Crippen molar-refractivity contribution in [1.29, 1.82) is 0 Å². The summed E-state index contributed by atoms with van der Waals surface area (Å²) in [6, 6.07) is 5.95. The normalized spacial score (nSPS) is 39.9. The number of H-pyrrole nitrogens is 1. The van der Waals surface area contributed by atoms with E-state index in [4.69, 9.17) is 16.6 Å². The maximum absolute atomic E-state index is 12.1. The monoisotopic (exact) mass is 450 g/mol. The molecule has 0 saturated heterocycles. The van der Waals surface area contributed by atoms with Crippen LogP contribution in [-0.4, -0.2) is 15.8 Å². The predicted octanol–water partition coefficient (Wildman–Crippen LogP) is 7.47. The van der Waals surface area contributed by atoms with E-state index in [2.05, 4.69) is 25.8 Å². The lowest BCUT2D eigenvalue weighted by molar-refractivity contribution is -0.117. The number of carbonyl (C=O) groups is 1. The molecule has 1 aromatic carbocycles. The highest BCUT2D eigenvalue weighted by molar-refractivity contribution is 6.31. The Balaban J connectivity index is 1.29.